The van der Waals surface area contributed by atoms with Gasteiger partial charge in [0.05, 0.1) is 6.42 Å². The predicted molar refractivity (Wildman–Crippen MR) is 59.4 cm³/mol. The molecule has 5 heteroatoms. The first-order valence-corrected chi connectivity index (χ1v) is 6.71. The molecule has 0 N–H and O–H groups in total. The fourth-order valence-corrected chi connectivity index (χ4v) is 3.78. The lowest BCUT2D eigenvalue weighted by molar-refractivity contribution is -0.145. The van der Waals surface area contributed by atoms with Crippen molar-refractivity contribution in [2.24, 2.45) is 0 Å². The van der Waals surface area contributed by atoms with Crippen molar-refractivity contribution in [2.45, 2.75) is 24.7 Å². The van der Waals surface area contributed by atoms with Crippen LogP contribution in [0.1, 0.15) is 13.3 Å². The number of nitrogens with zero attached hydrogens (tertiary/aromatic N) is 1. The van der Waals surface area contributed by atoms with Gasteiger partial charge < -0.3 is 4.74 Å². The van der Waals surface area contributed by atoms with Crippen LogP contribution in [-0.4, -0.2) is 34.6 Å². The standard InChI is InChI=1S/C9H13NO2S2/c1-7(5-10)12-9(11)4-8-6-13-2-3-14-8/h7-8H,2-4,6H2,1H3/t7-,8+/m0/s1. The third kappa shape index (κ3) is 4.25. The van der Waals surface area contributed by atoms with Crippen LogP contribution >= 0.6 is 23.5 Å². The molecule has 0 bridgehead atoms. The van der Waals surface area contributed by atoms with E-state index in [9.17, 15) is 4.79 Å². The Morgan fingerprint density at radius 1 is 1.71 bits per heavy atom. The van der Waals surface area contributed by atoms with E-state index in [-0.39, 0.29) is 5.97 Å². The molecule has 1 rings (SSSR count). The largest absolute Gasteiger partial charge is 0.447 e. The Hall–Kier alpha value is -0.340. The summed E-state index contributed by atoms with van der Waals surface area (Å²) in [5, 5.41) is 8.82. The molecule has 0 aromatic rings. The topological polar surface area (TPSA) is 50.1 Å². The minimum atomic E-state index is -0.622. The Morgan fingerprint density at radius 3 is 3.07 bits per heavy atom. The Labute approximate surface area is 92.6 Å². The SMILES string of the molecule is C[C@@H](C#N)OC(=O)C[C@@H]1CSCCS1. The maximum Gasteiger partial charge on any atom is 0.308 e. The molecule has 2 atom stereocenters. The molecule has 0 radical (unpaired) electrons. The molecule has 0 amide bonds. The van der Waals surface area contributed by atoms with E-state index in [1.807, 2.05) is 29.6 Å². The first-order valence-electron chi connectivity index (χ1n) is 4.51. The summed E-state index contributed by atoms with van der Waals surface area (Å²) >= 11 is 3.70. The highest BCUT2D eigenvalue weighted by Crippen LogP contribution is 2.26. The number of hydrogen-bond donors (Lipinski definition) is 0. The van der Waals surface area contributed by atoms with Crippen LogP contribution in [0, 0.1) is 11.3 Å². The van der Waals surface area contributed by atoms with E-state index < -0.39 is 6.10 Å². The summed E-state index contributed by atoms with van der Waals surface area (Å²) in [5.41, 5.74) is 0. The van der Waals surface area contributed by atoms with E-state index >= 15 is 0 Å². The lowest BCUT2D eigenvalue weighted by Gasteiger charge is -2.20. The molecule has 0 unspecified atom stereocenters. The third-order valence-corrected chi connectivity index (χ3v) is 4.61. The molecule has 1 heterocycles. The van der Waals surface area contributed by atoms with Crippen LogP contribution < -0.4 is 0 Å². The molecular formula is C9H13NO2S2. The van der Waals surface area contributed by atoms with Gasteiger partial charge in [-0.2, -0.15) is 28.8 Å². The van der Waals surface area contributed by atoms with Crippen molar-refractivity contribution < 1.29 is 9.53 Å². The highest BCUT2D eigenvalue weighted by molar-refractivity contribution is 8.06. The van der Waals surface area contributed by atoms with E-state index in [1.54, 1.807) is 6.92 Å². The summed E-state index contributed by atoms with van der Waals surface area (Å²) in [6.07, 6.45) is -0.187. The second-order valence-electron chi connectivity index (χ2n) is 3.03. The van der Waals surface area contributed by atoms with E-state index in [1.165, 1.54) is 5.75 Å². The zero-order valence-electron chi connectivity index (χ0n) is 8.06. The number of nitriles is 1. The van der Waals surface area contributed by atoms with Crippen LogP contribution in [0.25, 0.3) is 0 Å². The van der Waals surface area contributed by atoms with Gasteiger partial charge in [-0.05, 0) is 6.92 Å². The van der Waals surface area contributed by atoms with Crippen molar-refractivity contribution in [3.05, 3.63) is 0 Å². The number of carbonyl (C=O) groups is 1. The monoisotopic (exact) mass is 231 g/mol. The zero-order valence-corrected chi connectivity index (χ0v) is 9.70. The molecular weight excluding hydrogens is 218 g/mol. The van der Waals surface area contributed by atoms with Crippen molar-refractivity contribution in [2.75, 3.05) is 17.3 Å². The second-order valence-corrected chi connectivity index (χ2v) is 5.59. The van der Waals surface area contributed by atoms with Crippen LogP contribution in [0.4, 0.5) is 0 Å². The number of thioether (sulfide) groups is 2. The highest BCUT2D eigenvalue weighted by atomic mass is 32.2. The van der Waals surface area contributed by atoms with Gasteiger partial charge in [0.1, 0.15) is 6.07 Å². The molecule has 78 valence electrons. The summed E-state index contributed by atoms with van der Waals surface area (Å²) in [4.78, 5) is 11.3. The molecule has 14 heavy (non-hydrogen) atoms. The Bertz CT molecular complexity index is 233. The van der Waals surface area contributed by atoms with E-state index in [0.29, 0.717) is 11.7 Å². The van der Waals surface area contributed by atoms with Crippen LogP contribution in [0.5, 0.6) is 0 Å². The number of ether oxygens (including phenoxy) is 1. The van der Waals surface area contributed by atoms with Gasteiger partial charge in [0, 0.05) is 22.5 Å². The van der Waals surface area contributed by atoms with Gasteiger partial charge >= 0.3 is 5.97 Å². The molecule has 1 aliphatic heterocycles. The first-order chi connectivity index (χ1) is 6.72. The average molecular weight is 231 g/mol. The Balaban J connectivity index is 2.22. The van der Waals surface area contributed by atoms with E-state index in [0.717, 1.165) is 11.5 Å². The summed E-state index contributed by atoms with van der Waals surface area (Å²) < 4.78 is 4.88. The first kappa shape index (κ1) is 11.7. The minimum Gasteiger partial charge on any atom is -0.447 e. The van der Waals surface area contributed by atoms with Gasteiger partial charge in [0.25, 0.3) is 0 Å². The highest BCUT2D eigenvalue weighted by Gasteiger charge is 2.19. The summed E-state index contributed by atoms with van der Waals surface area (Å²) in [7, 11) is 0. The Morgan fingerprint density at radius 2 is 2.50 bits per heavy atom. The number of hydrogen-bond acceptors (Lipinski definition) is 5. The zero-order chi connectivity index (χ0) is 10.4. The van der Waals surface area contributed by atoms with E-state index in [2.05, 4.69) is 0 Å². The van der Waals surface area contributed by atoms with Crippen molar-refractivity contribution in [1.29, 1.82) is 5.26 Å². The van der Waals surface area contributed by atoms with Crippen molar-refractivity contribution >= 4 is 29.5 Å². The summed E-state index contributed by atoms with van der Waals surface area (Å²) in [5.74, 6) is 3.04. The van der Waals surface area contributed by atoms with Gasteiger partial charge in [-0.15, -0.1) is 0 Å². The quantitative estimate of drug-likeness (QED) is 0.692. The normalized spacial score (nSPS) is 23.6. The minimum absolute atomic E-state index is 0.251. The van der Waals surface area contributed by atoms with E-state index in [4.69, 9.17) is 10.00 Å². The second kappa shape index (κ2) is 6.20. The number of esters is 1. The summed E-state index contributed by atoms with van der Waals surface area (Å²) in [6, 6.07) is 1.88. The molecule has 3 nitrogen and oxygen atoms in total. The van der Waals surface area contributed by atoms with Crippen LogP contribution in [0.2, 0.25) is 0 Å². The predicted octanol–water partition coefficient (Wildman–Crippen LogP) is 1.68. The maximum absolute atomic E-state index is 11.3. The average Bonchev–Trinajstić information content (AvgIpc) is 2.19. The molecule has 0 saturated carbocycles. The van der Waals surface area contributed by atoms with Crippen molar-refractivity contribution in [3.8, 4) is 6.07 Å². The lowest BCUT2D eigenvalue weighted by atomic mass is 10.3. The summed E-state index contributed by atoms with van der Waals surface area (Å²) in [6.45, 7) is 1.58. The van der Waals surface area contributed by atoms with Gasteiger partial charge in [-0.3, -0.25) is 4.79 Å². The van der Waals surface area contributed by atoms with Crippen molar-refractivity contribution in [1.82, 2.24) is 0 Å². The van der Waals surface area contributed by atoms with Crippen LogP contribution in [0.3, 0.4) is 0 Å². The Kier molecular flexibility index (Phi) is 5.20. The fraction of sp³-hybridized carbons (Fsp3) is 0.778. The molecule has 0 aliphatic carbocycles. The van der Waals surface area contributed by atoms with Gasteiger partial charge in [-0.1, -0.05) is 0 Å². The maximum atomic E-state index is 11.3. The van der Waals surface area contributed by atoms with Crippen molar-refractivity contribution in [3.63, 3.8) is 0 Å². The molecule has 1 saturated heterocycles. The molecule has 0 spiro atoms. The van der Waals surface area contributed by atoms with Gasteiger partial charge in [0.15, 0.2) is 6.10 Å². The molecule has 1 aliphatic rings. The molecule has 1 fully saturated rings. The number of rotatable bonds is 3. The van der Waals surface area contributed by atoms with Crippen LogP contribution in [-0.2, 0) is 9.53 Å². The lowest BCUT2D eigenvalue weighted by Crippen LogP contribution is -2.21. The number of carbonyl (C=O) groups excluding carboxylic acids is 1. The molecule has 0 aromatic carbocycles. The van der Waals surface area contributed by atoms with Gasteiger partial charge in [-0.25, -0.2) is 0 Å². The smallest absolute Gasteiger partial charge is 0.308 e. The molecule has 0 aromatic heterocycles. The van der Waals surface area contributed by atoms with Crippen LogP contribution in [0.15, 0.2) is 0 Å². The van der Waals surface area contributed by atoms with Gasteiger partial charge in [0.2, 0.25) is 0 Å². The fourth-order valence-electron chi connectivity index (χ4n) is 1.11. The third-order valence-electron chi connectivity index (χ3n) is 1.77.